The molecule has 0 aromatic rings. The molecule has 1 saturated heterocycles. The lowest BCUT2D eigenvalue weighted by Gasteiger charge is -2.41. The molecule has 0 radical (unpaired) electrons. The van der Waals surface area contributed by atoms with Gasteiger partial charge in [-0.2, -0.15) is 0 Å². The minimum absolute atomic E-state index is 0.636. The predicted octanol–water partition coefficient (Wildman–Crippen LogP) is 3.10. The molecule has 2 saturated carbocycles. The average Bonchev–Trinajstić information content (AvgIpc) is 3.08. The fourth-order valence-corrected chi connectivity index (χ4v) is 5.14. The zero-order valence-corrected chi connectivity index (χ0v) is 15.4. The molecule has 3 atom stereocenters. The summed E-state index contributed by atoms with van der Waals surface area (Å²) in [5.74, 6) is 2.54. The zero-order chi connectivity index (χ0) is 15.7. The largest absolute Gasteiger partial charge is 0.360 e. The van der Waals surface area contributed by atoms with Crippen LogP contribution in [0.5, 0.6) is 0 Å². The second kappa shape index (κ2) is 7.04. The standard InChI is InChI=1S/C18H33N3S/c1-13(2)12-21(16-6-8-20(3)9-7-16)18(22)19-17-11-14-4-5-15(17)10-14/h13-17H,4-12H2,1-3H3,(H,19,22). The third-order valence-corrected chi connectivity index (χ3v) is 6.35. The number of likely N-dealkylation sites (tertiary alicyclic amines) is 1. The molecule has 1 aliphatic heterocycles. The Hall–Kier alpha value is -0.350. The topological polar surface area (TPSA) is 18.5 Å². The molecule has 0 amide bonds. The number of hydrogen-bond acceptors (Lipinski definition) is 2. The minimum Gasteiger partial charge on any atom is -0.360 e. The fraction of sp³-hybridized carbons (Fsp3) is 0.944. The van der Waals surface area contributed by atoms with E-state index in [1.54, 1.807) is 0 Å². The average molecular weight is 324 g/mol. The van der Waals surface area contributed by atoms with E-state index in [1.165, 1.54) is 51.6 Å². The maximum absolute atomic E-state index is 5.86. The van der Waals surface area contributed by atoms with Crippen LogP contribution in [0.2, 0.25) is 0 Å². The molecule has 2 bridgehead atoms. The van der Waals surface area contributed by atoms with Crippen LogP contribution in [0.25, 0.3) is 0 Å². The Bertz CT molecular complexity index is 390. The van der Waals surface area contributed by atoms with Gasteiger partial charge in [0.2, 0.25) is 0 Å². The highest BCUT2D eigenvalue weighted by atomic mass is 32.1. The molecule has 2 aliphatic carbocycles. The highest BCUT2D eigenvalue weighted by Gasteiger charge is 2.40. The van der Waals surface area contributed by atoms with E-state index in [-0.39, 0.29) is 0 Å². The highest BCUT2D eigenvalue weighted by molar-refractivity contribution is 7.80. The van der Waals surface area contributed by atoms with Crippen molar-refractivity contribution in [2.24, 2.45) is 17.8 Å². The number of hydrogen-bond donors (Lipinski definition) is 1. The van der Waals surface area contributed by atoms with Crippen molar-refractivity contribution in [1.29, 1.82) is 0 Å². The first-order valence-electron chi connectivity index (χ1n) is 9.28. The first-order chi connectivity index (χ1) is 10.5. The quantitative estimate of drug-likeness (QED) is 0.801. The Morgan fingerprint density at radius 2 is 1.91 bits per heavy atom. The van der Waals surface area contributed by atoms with Gasteiger partial charge in [0.1, 0.15) is 0 Å². The van der Waals surface area contributed by atoms with Crippen LogP contribution in [0, 0.1) is 17.8 Å². The first kappa shape index (κ1) is 16.5. The minimum atomic E-state index is 0.636. The Morgan fingerprint density at radius 3 is 2.45 bits per heavy atom. The number of rotatable bonds is 4. The van der Waals surface area contributed by atoms with Gasteiger partial charge >= 0.3 is 0 Å². The van der Waals surface area contributed by atoms with E-state index in [0.29, 0.717) is 18.0 Å². The molecule has 126 valence electrons. The normalized spacial score (nSPS) is 32.6. The van der Waals surface area contributed by atoms with Gasteiger partial charge in [0.05, 0.1) is 0 Å². The molecule has 22 heavy (non-hydrogen) atoms. The Kier molecular flexibility index (Phi) is 5.28. The van der Waals surface area contributed by atoms with Gasteiger partial charge < -0.3 is 15.1 Å². The molecular weight excluding hydrogens is 290 g/mol. The summed E-state index contributed by atoms with van der Waals surface area (Å²) in [7, 11) is 2.23. The lowest BCUT2D eigenvalue weighted by atomic mass is 9.95. The molecule has 1 heterocycles. The van der Waals surface area contributed by atoms with Crippen molar-refractivity contribution < 1.29 is 0 Å². The molecule has 0 spiro atoms. The molecule has 3 aliphatic rings. The Labute approximate surface area is 141 Å². The number of piperidine rings is 1. The summed E-state index contributed by atoms with van der Waals surface area (Å²) in [6.07, 6.45) is 8.18. The van der Waals surface area contributed by atoms with Crippen molar-refractivity contribution in [3.63, 3.8) is 0 Å². The van der Waals surface area contributed by atoms with Crippen LogP contribution < -0.4 is 5.32 Å². The Balaban J connectivity index is 1.59. The van der Waals surface area contributed by atoms with Gasteiger partial charge in [0, 0.05) is 18.6 Å². The zero-order valence-electron chi connectivity index (χ0n) is 14.6. The Morgan fingerprint density at radius 1 is 1.18 bits per heavy atom. The van der Waals surface area contributed by atoms with Crippen LogP contribution in [-0.4, -0.2) is 53.7 Å². The summed E-state index contributed by atoms with van der Waals surface area (Å²) in [5, 5.41) is 4.81. The SMILES string of the molecule is CC(C)CN(C(=S)NC1CC2CCC1C2)C1CCN(C)CC1. The van der Waals surface area contributed by atoms with E-state index in [4.69, 9.17) is 12.2 Å². The highest BCUT2D eigenvalue weighted by Crippen LogP contribution is 2.44. The van der Waals surface area contributed by atoms with Gasteiger partial charge in [-0.05, 0) is 82.2 Å². The summed E-state index contributed by atoms with van der Waals surface area (Å²) in [6, 6.07) is 1.30. The van der Waals surface area contributed by atoms with Gasteiger partial charge in [0.25, 0.3) is 0 Å². The van der Waals surface area contributed by atoms with Crippen LogP contribution in [0.3, 0.4) is 0 Å². The molecule has 0 aromatic heterocycles. The second-order valence-electron chi connectivity index (χ2n) is 8.31. The van der Waals surface area contributed by atoms with Gasteiger partial charge in [-0.25, -0.2) is 0 Å². The summed E-state index contributed by atoms with van der Waals surface area (Å²) in [6.45, 7) is 8.12. The van der Waals surface area contributed by atoms with Crippen molar-refractivity contribution in [2.45, 2.75) is 64.5 Å². The van der Waals surface area contributed by atoms with E-state index >= 15 is 0 Å². The van der Waals surface area contributed by atoms with Crippen LogP contribution in [-0.2, 0) is 0 Å². The van der Waals surface area contributed by atoms with E-state index in [1.807, 2.05) is 0 Å². The predicted molar refractivity (Wildman–Crippen MR) is 97.0 cm³/mol. The van der Waals surface area contributed by atoms with Crippen LogP contribution >= 0.6 is 12.2 Å². The third kappa shape index (κ3) is 3.76. The second-order valence-corrected chi connectivity index (χ2v) is 8.70. The van der Waals surface area contributed by atoms with Crippen molar-refractivity contribution in [3.8, 4) is 0 Å². The van der Waals surface area contributed by atoms with Gasteiger partial charge in [-0.3, -0.25) is 0 Å². The van der Waals surface area contributed by atoms with Gasteiger partial charge in [-0.15, -0.1) is 0 Å². The van der Waals surface area contributed by atoms with Crippen LogP contribution in [0.15, 0.2) is 0 Å². The number of thiocarbonyl (C=S) groups is 1. The van der Waals surface area contributed by atoms with Gasteiger partial charge in [-0.1, -0.05) is 20.3 Å². The van der Waals surface area contributed by atoms with E-state index in [9.17, 15) is 0 Å². The molecule has 1 N–H and O–H groups in total. The lowest BCUT2D eigenvalue weighted by molar-refractivity contribution is 0.164. The number of nitrogens with zero attached hydrogens (tertiary/aromatic N) is 2. The van der Waals surface area contributed by atoms with E-state index in [2.05, 4.69) is 36.0 Å². The van der Waals surface area contributed by atoms with E-state index < -0.39 is 0 Å². The molecule has 3 fully saturated rings. The molecular formula is C18H33N3S. The molecule has 3 rings (SSSR count). The maximum atomic E-state index is 5.86. The monoisotopic (exact) mass is 323 g/mol. The summed E-state index contributed by atoms with van der Waals surface area (Å²) < 4.78 is 0. The van der Waals surface area contributed by atoms with Crippen molar-refractivity contribution in [1.82, 2.24) is 15.1 Å². The summed E-state index contributed by atoms with van der Waals surface area (Å²) >= 11 is 5.86. The van der Waals surface area contributed by atoms with Crippen LogP contribution in [0.1, 0.15) is 52.4 Å². The van der Waals surface area contributed by atoms with Crippen molar-refractivity contribution >= 4 is 17.3 Å². The smallest absolute Gasteiger partial charge is 0.169 e. The third-order valence-electron chi connectivity index (χ3n) is 6.00. The number of nitrogens with one attached hydrogen (secondary N) is 1. The fourth-order valence-electron chi connectivity index (χ4n) is 4.76. The lowest BCUT2D eigenvalue weighted by Crippen LogP contribution is -2.53. The summed E-state index contributed by atoms with van der Waals surface area (Å²) in [4.78, 5) is 4.97. The molecule has 3 unspecified atom stereocenters. The molecule has 4 heteroatoms. The molecule has 3 nitrogen and oxygen atoms in total. The van der Waals surface area contributed by atoms with Crippen molar-refractivity contribution in [3.05, 3.63) is 0 Å². The van der Waals surface area contributed by atoms with Gasteiger partial charge in [0.15, 0.2) is 5.11 Å². The van der Waals surface area contributed by atoms with Crippen LogP contribution in [0.4, 0.5) is 0 Å². The summed E-state index contributed by atoms with van der Waals surface area (Å²) in [5.41, 5.74) is 0. The maximum Gasteiger partial charge on any atom is 0.169 e. The number of fused-ring (bicyclic) bond motifs is 2. The molecule has 0 aromatic carbocycles. The van der Waals surface area contributed by atoms with E-state index in [0.717, 1.165) is 23.5 Å². The van der Waals surface area contributed by atoms with Crippen molar-refractivity contribution in [2.75, 3.05) is 26.7 Å². The first-order valence-corrected chi connectivity index (χ1v) is 9.69.